The Morgan fingerprint density at radius 1 is 1.35 bits per heavy atom. The lowest BCUT2D eigenvalue weighted by molar-refractivity contribution is 0.381. The van der Waals surface area contributed by atoms with E-state index in [0.29, 0.717) is 11.3 Å². The first-order valence-corrected chi connectivity index (χ1v) is 8.29. The maximum Gasteiger partial charge on any atom is 0.181 e. The van der Waals surface area contributed by atoms with Crippen LogP contribution in [-0.4, -0.2) is 37.8 Å². The van der Waals surface area contributed by atoms with Gasteiger partial charge in [0.05, 0.1) is 6.33 Å². The fourth-order valence-electron chi connectivity index (χ4n) is 2.78. The first-order chi connectivity index (χ1) is 9.86. The monoisotopic (exact) mass is 291 g/mol. The predicted molar refractivity (Wildman–Crippen MR) is 81.9 cm³/mol. The van der Waals surface area contributed by atoms with Gasteiger partial charge in [0.25, 0.3) is 0 Å². The highest BCUT2D eigenvalue weighted by Crippen LogP contribution is 2.34. The average molecular weight is 291 g/mol. The van der Waals surface area contributed by atoms with Crippen molar-refractivity contribution in [3.63, 3.8) is 0 Å². The van der Waals surface area contributed by atoms with Gasteiger partial charge in [-0.15, -0.1) is 11.8 Å². The summed E-state index contributed by atoms with van der Waals surface area (Å²) in [5.74, 6) is 0. The van der Waals surface area contributed by atoms with Crippen molar-refractivity contribution in [1.82, 2.24) is 25.3 Å². The van der Waals surface area contributed by atoms with Crippen LogP contribution in [-0.2, 0) is 0 Å². The van der Waals surface area contributed by atoms with Crippen molar-refractivity contribution < 1.29 is 0 Å². The molecule has 5 nitrogen and oxygen atoms in total. The zero-order chi connectivity index (χ0) is 13.8. The Morgan fingerprint density at radius 3 is 3.20 bits per heavy atom. The average Bonchev–Trinajstić information content (AvgIpc) is 2.95. The number of aromatic nitrogens is 4. The topological polar surface area (TPSA) is 66.5 Å². The maximum absolute atomic E-state index is 4.42. The molecule has 0 aromatic carbocycles. The molecule has 1 aliphatic carbocycles. The maximum atomic E-state index is 4.42. The summed E-state index contributed by atoms with van der Waals surface area (Å²) >= 11 is 1.87. The summed E-state index contributed by atoms with van der Waals surface area (Å²) in [7, 11) is 0. The van der Waals surface area contributed by atoms with Crippen molar-refractivity contribution in [2.45, 2.75) is 55.3 Å². The molecular weight excluding hydrogens is 270 g/mol. The van der Waals surface area contributed by atoms with Gasteiger partial charge in [-0.3, -0.25) is 0 Å². The summed E-state index contributed by atoms with van der Waals surface area (Å²) in [6.45, 7) is 3.35. The van der Waals surface area contributed by atoms with Crippen LogP contribution in [0.5, 0.6) is 0 Å². The van der Waals surface area contributed by atoms with Crippen LogP contribution >= 0.6 is 11.8 Å². The molecule has 1 fully saturated rings. The smallest absolute Gasteiger partial charge is 0.181 e. The second-order valence-corrected chi connectivity index (χ2v) is 6.63. The lowest BCUT2D eigenvalue weighted by Crippen LogP contribution is -2.35. The van der Waals surface area contributed by atoms with Gasteiger partial charge in [-0.1, -0.05) is 13.3 Å². The zero-order valence-electron chi connectivity index (χ0n) is 11.8. The summed E-state index contributed by atoms with van der Waals surface area (Å²) < 4.78 is 0. The number of aromatic amines is 1. The highest BCUT2D eigenvalue weighted by atomic mass is 32.2. The SMILES string of the molecule is CCCNC1CCCC(Sc2ncnc3nc[nH]c23)C1. The van der Waals surface area contributed by atoms with E-state index in [0.717, 1.165) is 22.7 Å². The Bertz CT molecular complexity index is 555. The third-order valence-electron chi connectivity index (χ3n) is 3.78. The third-order valence-corrected chi connectivity index (χ3v) is 5.07. The van der Waals surface area contributed by atoms with Gasteiger partial charge in [0.1, 0.15) is 16.9 Å². The van der Waals surface area contributed by atoms with Crippen molar-refractivity contribution in [2.75, 3.05) is 6.54 Å². The van der Waals surface area contributed by atoms with Gasteiger partial charge >= 0.3 is 0 Å². The summed E-state index contributed by atoms with van der Waals surface area (Å²) in [4.78, 5) is 15.9. The molecule has 0 aliphatic heterocycles. The highest BCUT2D eigenvalue weighted by molar-refractivity contribution is 8.00. The number of imidazole rings is 1. The van der Waals surface area contributed by atoms with Crippen LogP contribution in [0.3, 0.4) is 0 Å². The Balaban J connectivity index is 1.66. The van der Waals surface area contributed by atoms with E-state index < -0.39 is 0 Å². The van der Waals surface area contributed by atoms with Crippen LogP contribution in [0.25, 0.3) is 11.2 Å². The van der Waals surface area contributed by atoms with E-state index in [1.807, 2.05) is 11.8 Å². The van der Waals surface area contributed by atoms with E-state index in [1.54, 1.807) is 12.7 Å². The van der Waals surface area contributed by atoms with Crippen molar-refractivity contribution in [2.24, 2.45) is 0 Å². The minimum atomic E-state index is 0.638. The predicted octanol–water partition coefficient (Wildman–Crippen LogP) is 2.76. The minimum absolute atomic E-state index is 0.638. The normalized spacial score (nSPS) is 23.2. The third kappa shape index (κ3) is 3.12. The molecule has 6 heteroatoms. The number of rotatable bonds is 5. The molecule has 1 aliphatic rings. The Hall–Kier alpha value is -1.14. The molecule has 2 aromatic heterocycles. The van der Waals surface area contributed by atoms with Gasteiger partial charge in [-0.25, -0.2) is 15.0 Å². The minimum Gasteiger partial charge on any atom is -0.341 e. The molecule has 0 radical (unpaired) electrons. The number of H-pyrrole nitrogens is 1. The molecule has 0 amide bonds. The zero-order valence-corrected chi connectivity index (χ0v) is 12.6. The number of nitrogens with zero attached hydrogens (tertiary/aromatic N) is 3. The molecular formula is C14H21N5S. The Morgan fingerprint density at radius 2 is 2.30 bits per heavy atom. The van der Waals surface area contributed by atoms with Crippen molar-refractivity contribution in [3.05, 3.63) is 12.7 Å². The number of hydrogen-bond acceptors (Lipinski definition) is 5. The molecule has 0 spiro atoms. The number of thioether (sulfide) groups is 1. The molecule has 2 aromatic rings. The molecule has 2 unspecified atom stereocenters. The lowest BCUT2D eigenvalue weighted by Gasteiger charge is -2.29. The van der Waals surface area contributed by atoms with Crippen LogP contribution in [0.15, 0.2) is 17.7 Å². The molecule has 2 atom stereocenters. The van der Waals surface area contributed by atoms with Crippen molar-refractivity contribution in [3.8, 4) is 0 Å². The fraction of sp³-hybridized carbons (Fsp3) is 0.643. The van der Waals surface area contributed by atoms with E-state index in [4.69, 9.17) is 0 Å². The number of nitrogens with one attached hydrogen (secondary N) is 2. The first-order valence-electron chi connectivity index (χ1n) is 7.41. The van der Waals surface area contributed by atoms with Gasteiger partial charge in [-0.05, 0) is 32.2 Å². The number of fused-ring (bicyclic) bond motifs is 1. The van der Waals surface area contributed by atoms with Gasteiger partial charge in [0.2, 0.25) is 0 Å². The first kappa shape index (κ1) is 13.8. The summed E-state index contributed by atoms with van der Waals surface area (Å²) in [6.07, 6.45) is 9.61. The summed E-state index contributed by atoms with van der Waals surface area (Å²) in [5, 5.41) is 5.33. The molecule has 108 valence electrons. The number of hydrogen-bond donors (Lipinski definition) is 2. The van der Waals surface area contributed by atoms with E-state index in [1.165, 1.54) is 32.1 Å². The summed E-state index contributed by atoms with van der Waals surface area (Å²) in [6, 6.07) is 0.667. The molecule has 2 heterocycles. The molecule has 20 heavy (non-hydrogen) atoms. The van der Waals surface area contributed by atoms with Crippen LogP contribution < -0.4 is 5.32 Å². The molecule has 2 N–H and O–H groups in total. The van der Waals surface area contributed by atoms with E-state index >= 15 is 0 Å². The van der Waals surface area contributed by atoms with Crippen LogP contribution in [0.4, 0.5) is 0 Å². The quantitative estimate of drug-likeness (QED) is 0.829. The second kappa shape index (κ2) is 6.54. The van der Waals surface area contributed by atoms with Gasteiger partial charge in [0.15, 0.2) is 5.65 Å². The van der Waals surface area contributed by atoms with Gasteiger partial charge in [0, 0.05) is 11.3 Å². The molecule has 1 saturated carbocycles. The van der Waals surface area contributed by atoms with E-state index in [2.05, 4.69) is 32.2 Å². The standard InChI is InChI=1S/C14H21N5S/c1-2-6-15-10-4-3-5-11(7-10)20-14-12-13(17-8-16-12)18-9-19-14/h8-11,15H,2-7H2,1H3,(H,16,17,18,19). The molecule has 3 rings (SSSR count). The van der Waals surface area contributed by atoms with E-state index in [-0.39, 0.29) is 0 Å². The molecule has 0 bridgehead atoms. The largest absolute Gasteiger partial charge is 0.341 e. The Labute approximate surface area is 123 Å². The van der Waals surface area contributed by atoms with E-state index in [9.17, 15) is 0 Å². The van der Waals surface area contributed by atoms with Gasteiger partial charge in [-0.2, -0.15) is 0 Å². The molecule has 0 saturated heterocycles. The summed E-state index contributed by atoms with van der Waals surface area (Å²) in [5.41, 5.74) is 1.74. The highest BCUT2D eigenvalue weighted by Gasteiger charge is 2.23. The van der Waals surface area contributed by atoms with Crippen LogP contribution in [0.1, 0.15) is 39.0 Å². The van der Waals surface area contributed by atoms with Crippen molar-refractivity contribution in [1.29, 1.82) is 0 Å². The van der Waals surface area contributed by atoms with Crippen LogP contribution in [0, 0.1) is 0 Å². The fourth-order valence-corrected chi connectivity index (χ4v) is 4.08. The van der Waals surface area contributed by atoms with Gasteiger partial charge < -0.3 is 10.3 Å². The Kier molecular flexibility index (Phi) is 4.52. The van der Waals surface area contributed by atoms with Crippen molar-refractivity contribution >= 4 is 22.9 Å². The lowest BCUT2D eigenvalue weighted by atomic mass is 9.95. The van der Waals surface area contributed by atoms with Crippen LogP contribution in [0.2, 0.25) is 0 Å². The second-order valence-electron chi connectivity index (χ2n) is 5.34.